The summed E-state index contributed by atoms with van der Waals surface area (Å²) in [5.74, 6) is -0.459. The first kappa shape index (κ1) is 15.4. The average Bonchev–Trinajstić information content (AvgIpc) is 2.38. The molecule has 104 valence electrons. The van der Waals surface area contributed by atoms with Crippen molar-refractivity contribution in [1.82, 2.24) is 5.32 Å². The third-order valence-corrected chi connectivity index (χ3v) is 2.61. The van der Waals surface area contributed by atoms with Gasteiger partial charge in [0.15, 0.2) is 5.11 Å². The van der Waals surface area contributed by atoms with Gasteiger partial charge in [-0.15, -0.1) is 0 Å². The van der Waals surface area contributed by atoms with Crippen molar-refractivity contribution in [1.29, 1.82) is 0 Å². The summed E-state index contributed by atoms with van der Waals surface area (Å²) >= 11 is 5.14. The summed E-state index contributed by atoms with van der Waals surface area (Å²) in [6.45, 7) is 4.14. The molecule has 0 radical (unpaired) electrons. The average molecular weight is 281 g/mol. The van der Waals surface area contributed by atoms with Gasteiger partial charge >= 0.3 is 0 Å². The Hall–Kier alpha value is -1.66. The Bertz CT molecular complexity index is 438. The molecule has 0 spiro atoms. The lowest BCUT2D eigenvalue weighted by Gasteiger charge is -2.11. The van der Waals surface area contributed by atoms with Crippen LogP contribution in [0.1, 0.15) is 23.7 Å². The highest BCUT2D eigenvalue weighted by atomic mass is 32.1. The van der Waals surface area contributed by atoms with E-state index >= 15 is 0 Å². The van der Waals surface area contributed by atoms with Gasteiger partial charge in [0.25, 0.3) is 0 Å². The Kier molecular flexibility index (Phi) is 6.84. The number of thiocarbonyl (C=S) groups is 1. The predicted octanol–water partition coefficient (Wildman–Crippen LogP) is 1.50. The fourth-order valence-corrected chi connectivity index (χ4v) is 1.67. The molecular formula is C13H19N3O2S. The minimum absolute atomic E-state index is 0.448. The fourth-order valence-electron chi connectivity index (χ4n) is 1.45. The standard InChI is InChI=1S/C13H19N3O2S/c1-2-18-8-4-7-15-13(19)16-11-6-3-5-10(9-11)12(14)17/h3,5-6,9H,2,4,7-8H2,1H3,(H2,14,17)(H2,15,16,19). The van der Waals surface area contributed by atoms with E-state index in [1.54, 1.807) is 18.2 Å². The van der Waals surface area contributed by atoms with E-state index < -0.39 is 5.91 Å². The second kappa shape index (κ2) is 8.44. The van der Waals surface area contributed by atoms with E-state index in [-0.39, 0.29) is 0 Å². The number of nitrogens with two attached hydrogens (primary N) is 1. The van der Waals surface area contributed by atoms with Crippen LogP contribution in [0.3, 0.4) is 0 Å². The number of hydrogen-bond acceptors (Lipinski definition) is 3. The molecule has 0 aliphatic rings. The van der Waals surface area contributed by atoms with E-state index in [0.717, 1.165) is 25.3 Å². The topological polar surface area (TPSA) is 76.4 Å². The minimum atomic E-state index is -0.459. The Morgan fingerprint density at radius 3 is 2.95 bits per heavy atom. The van der Waals surface area contributed by atoms with Crippen molar-refractivity contribution in [2.24, 2.45) is 5.73 Å². The molecule has 0 aromatic heterocycles. The molecule has 1 aromatic rings. The zero-order valence-electron chi connectivity index (χ0n) is 10.9. The van der Waals surface area contributed by atoms with Crippen molar-refractivity contribution in [2.75, 3.05) is 25.1 Å². The Labute approximate surface area is 118 Å². The Balaban J connectivity index is 2.35. The molecule has 0 fully saturated rings. The van der Waals surface area contributed by atoms with Crippen molar-refractivity contribution < 1.29 is 9.53 Å². The van der Waals surface area contributed by atoms with Crippen LogP contribution in [0.15, 0.2) is 24.3 Å². The molecule has 0 heterocycles. The van der Waals surface area contributed by atoms with Crippen LogP contribution < -0.4 is 16.4 Å². The van der Waals surface area contributed by atoms with E-state index in [1.807, 2.05) is 13.0 Å². The molecule has 0 aliphatic carbocycles. The van der Waals surface area contributed by atoms with Crippen LogP contribution >= 0.6 is 12.2 Å². The van der Waals surface area contributed by atoms with E-state index in [1.165, 1.54) is 0 Å². The molecule has 1 amide bonds. The highest BCUT2D eigenvalue weighted by molar-refractivity contribution is 7.80. The Morgan fingerprint density at radius 1 is 1.47 bits per heavy atom. The molecular weight excluding hydrogens is 262 g/mol. The lowest BCUT2D eigenvalue weighted by atomic mass is 10.2. The number of carbonyl (C=O) groups excluding carboxylic acids is 1. The predicted molar refractivity (Wildman–Crippen MR) is 80.3 cm³/mol. The molecule has 0 saturated carbocycles. The van der Waals surface area contributed by atoms with Gasteiger partial charge in [-0.1, -0.05) is 6.07 Å². The number of benzene rings is 1. The first-order valence-corrected chi connectivity index (χ1v) is 6.56. The number of primary amides is 1. The molecule has 0 bridgehead atoms. The second-order valence-electron chi connectivity index (χ2n) is 3.88. The van der Waals surface area contributed by atoms with E-state index in [2.05, 4.69) is 10.6 Å². The SMILES string of the molecule is CCOCCCNC(=S)Nc1cccc(C(N)=O)c1. The maximum absolute atomic E-state index is 11.0. The first-order valence-electron chi connectivity index (χ1n) is 6.16. The van der Waals surface area contributed by atoms with Gasteiger partial charge in [0, 0.05) is 31.0 Å². The molecule has 4 N–H and O–H groups in total. The number of anilines is 1. The molecule has 6 heteroatoms. The second-order valence-corrected chi connectivity index (χ2v) is 4.28. The van der Waals surface area contributed by atoms with Crippen LogP contribution in [0.2, 0.25) is 0 Å². The van der Waals surface area contributed by atoms with Gasteiger partial charge in [-0.3, -0.25) is 4.79 Å². The van der Waals surface area contributed by atoms with Gasteiger partial charge in [-0.25, -0.2) is 0 Å². The summed E-state index contributed by atoms with van der Waals surface area (Å²) in [6.07, 6.45) is 0.886. The molecule has 0 atom stereocenters. The maximum Gasteiger partial charge on any atom is 0.248 e. The summed E-state index contributed by atoms with van der Waals surface area (Å²) in [5.41, 5.74) is 6.39. The van der Waals surface area contributed by atoms with Crippen LogP contribution in [0, 0.1) is 0 Å². The third kappa shape index (κ3) is 6.17. The van der Waals surface area contributed by atoms with Crippen LogP contribution in [-0.2, 0) is 4.74 Å². The van der Waals surface area contributed by atoms with E-state index in [4.69, 9.17) is 22.7 Å². The molecule has 0 unspecified atom stereocenters. The highest BCUT2D eigenvalue weighted by Gasteiger charge is 2.02. The van der Waals surface area contributed by atoms with Gasteiger partial charge < -0.3 is 21.1 Å². The molecule has 0 aliphatic heterocycles. The van der Waals surface area contributed by atoms with Crippen molar-refractivity contribution in [3.8, 4) is 0 Å². The summed E-state index contributed by atoms with van der Waals surface area (Å²) < 4.78 is 5.22. The van der Waals surface area contributed by atoms with Crippen LogP contribution in [0.5, 0.6) is 0 Å². The monoisotopic (exact) mass is 281 g/mol. The Morgan fingerprint density at radius 2 is 2.26 bits per heavy atom. The molecule has 0 saturated heterocycles. The lowest BCUT2D eigenvalue weighted by molar-refractivity contribution is 0.100. The van der Waals surface area contributed by atoms with Gasteiger partial charge in [-0.05, 0) is 43.8 Å². The number of nitrogens with one attached hydrogen (secondary N) is 2. The minimum Gasteiger partial charge on any atom is -0.382 e. The zero-order chi connectivity index (χ0) is 14.1. The van der Waals surface area contributed by atoms with Crippen molar-refractivity contribution in [2.45, 2.75) is 13.3 Å². The van der Waals surface area contributed by atoms with Crippen molar-refractivity contribution in [3.05, 3.63) is 29.8 Å². The number of rotatable bonds is 7. The quantitative estimate of drug-likeness (QED) is 0.521. The van der Waals surface area contributed by atoms with Gasteiger partial charge in [-0.2, -0.15) is 0 Å². The van der Waals surface area contributed by atoms with Crippen LogP contribution in [0.4, 0.5) is 5.69 Å². The van der Waals surface area contributed by atoms with Crippen LogP contribution in [-0.4, -0.2) is 30.8 Å². The maximum atomic E-state index is 11.0. The number of ether oxygens (including phenoxy) is 1. The molecule has 19 heavy (non-hydrogen) atoms. The number of hydrogen-bond donors (Lipinski definition) is 3. The van der Waals surface area contributed by atoms with Gasteiger partial charge in [0.1, 0.15) is 0 Å². The van der Waals surface area contributed by atoms with Crippen LogP contribution in [0.25, 0.3) is 0 Å². The molecule has 1 aromatic carbocycles. The smallest absolute Gasteiger partial charge is 0.248 e. The number of carbonyl (C=O) groups is 1. The summed E-state index contributed by atoms with van der Waals surface area (Å²) in [7, 11) is 0. The highest BCUT2D eigenvalue weighted by Crippen LogP contribution is 2.09. The van der Waals surface area contributed by atoms with Gasteiger partial charge in [0.05, 0.1) is 0 Å². The largest absolute Gasteiger partial charge is 0.382 e. The first-order chi connectivity index (χ1) is 9.13. The third-order valence-electron chi connectivity index (χ3n) is 2.36. The fraction of sp³-hybridized carbons (Fsp3) is 0.385. The molecule has 1 rings (SSSR count). The van der Waals surface area contributed by atoms with E-state index in [9.17, 15) is 4.79 Å². The van der Waals surface area contributed by atoms with Crippen molar-refractivity contribution >= 4 is 28.9 Å². The summed E-state index contributed by atoms with van der Waals surface area (Å²) in [6, 6.07) is 6.89. The summed E-state index contributed by atoms with van der Waals surface area (Å²) in [5, 5.41) is 6.57. The summed E-state index contributed by atoms with van der Waals surface area (Å²) in [4.78, 5) is 11.0. The van der Waals surface area contributed by atoms with E-state index in [0.29, 0.717) is 17.3 Å². The normalized spacial score (nSPS) is 9.95. The molecule has 5 nitrogen and oxygen atoms in total. The van der Waals surface area contributed by atoms with Gasteiger partial charge in [0.2, 0.25) is 5.91 Å². The number of amides is 1. The lowest BCUT2D eigenvalue weighted by Crippen LogP contribution is -2.29. The zero-order valence-corrected chi connectivity index (χ0v) is 11.8. The van der Waals surface area contributed by atoms with Crippen molar-refractivity contribution in [3.63, 3.8) is 0 Å².